The van der Waals surface area contributed by atoms with Crippen molar-refractivity contribution in [1.29, 1.82) is 0 Å². The second-order valence-electron chi connectivity index (χ2n) is 5.18. The van der Waals surface area contributed by atoms with Gasteiger partial charge in [0.05, 0.1) is 0 Å². The molecule has 0 aliphatic carbocycles. The Bertz CT molecular complexity index is 277. The molecule has 1 fully saturated rings. The Labute approximate surface area is 94.4 Å². The summed E-state index contributed by atoms with van der Waals surface area (Å²) in [6.07, 6.45) is -0.359. The van der Waals surface area contributed by atoms with Crippen molar-refractivity contribution < 1.29 is 18.7 Å². The Morgan fingerprint density at radius 1 is 1.50 bits per heavy atom. The molecule has 0 spiro atoms. The molecule has 0 bridgehead atoms. The van der Waals surface area contributed by atoms with Gasteiger partial charge in [0, 0.05) is 19.5 Å². The molecule has 0 aromatic rings. The molecular formula is C11H19F2NO2. The summed E-state index contributed by atoms with van der Waals surface area (Å²) in [5.41, 5.74) is -1.92. The molecule has 1 heterocycles. The zero-order valence-electron chi connectivity index (χ0n) is 9.96. The fourth-order valence-corrected chi connectivity index (χ4v) is 2.45. The molecule has 94 valence electrons. The van der Waals surface area contributed by atoms with E-state index in [1.165, 1.54) is 0 Å². The Morgan fingerprint density at radius 3 is 2.50 bits per heavy atom. The molecule has 0 aromatic carbocycles. The molecule has 1 unspecified atom stereocenters. The summed E-state index contributed by atoms with van der Waals surface area (Å²) in [5.74, 6) is -4.55. The second-order valence-corrected chi connectivity index (χ2v) is 5.18. The van der Waals surface area contributed by atoms with Crippen LogP contribution in [0, 0.1) is 11.3 Å². The minimum atomic E-state index is -3.12. The van der Waals surface area contributed by atoms with Crippen LogP contribution < -0.4 is 0 Å². The van der Waals surface area contributed by atoms with Gasteiger partial charge in [0.15, 0.2) is 0 Å². The molecule has 1 aliphatic rings. The predicted molar refractivity (Wildman–Crippen MR) is 56.6 cm³/mol. The molecule has 3 nitrogen and oxygen atoms in total. The van der Waals surface area contributed by atoms with E-state index in [9.17, 15) is 18.7 Å². The van der Waals surface area contributed by atoms with E-state index in [1.807, 2.05) is 0 Å². The number of carbonyl (C=O) groups is 1. The highest BCUT2D eigenvalue weighted by Gasteiger charge is 2.61. The van der Waals surface area contributed by atoms with E-state index in [-0.39, 0.29) is 31.8 Å². The van der Waals surface area contributed by atoms with Crippen LogP contribution in [-0.2, 0) is 4.79 Å². The Kier molecular flexibility index (Phi) is 3.57. The van der Waals surface area contributed by atoms with Crippen LogP contribution in [0.15, 0.2) is 0 Å². The highest BCUT2D eigenvalue weighted by atomic mass is 19.3. The smallest absolute Gasteiger partial charge is 0.317 e. The molecule has 0 saturated carbocycles. The third-order valence-corrected chi connectivity index (χ3v) is 3.21. The molecule has 0 radical (unpaired) electrons. The average Bonchev–Trinajstić information content (AvgIpc) is 2.10. The third kappa shape index (κ3) is 2.19. The zero-order valence-corrected chi connectivity index (χ0v) is 9.96. The normalized spacial score (nSPS) is 30.6. The van der Waals surface area contributed by atoms with Crippen LogP contribution in [0.3, 0.4) is 0 Å². The summed E-state index contributed by atoms with van der Waals surface area (Å²) in [5, 5.41) is 9.18. The van der Waals surface area contributed by atoms with E-state index < -0.39 is 17.3 Å². The first kappa shape index (κ1) is 13.4. The quantitative estimate of drug-likeness (QED) is 0.814. The second kappa shape index (κ2) is 4.28. The number of alkyl halides is 2. The summed E-state index contributed by atoms with van der Waals surface area (Å²) < 4.78 is 27.8. The molecule has 1 aliphatic heterocycles. The van der Waals surface area contributed by atoms with Crippen LogP contribution in [0.1, 0.15) is 26.7 Å². The summed E-state index contributed by atoms with van der Waals surface area (Å²) in [4.78, 5) is 12.9. The lowest BCUT2D eigenvalue weighted by Crippen LogP contribution is -2.59. The third-order valence-electron chi connectivity index (χ3n) is 3.21. The highest BCUT2D eigenvalue weighted by Crippen LogP contribution is 2.47. The summed E-state index contributed by atoms with van der Waals surface area (Å²) in [7, 11) is 1.69. The monoisotopic (exact) mass is 235 g/mol. The molecule has 0 aromatic heterocycles. The number of halogens is 2. The lowest BCUT2D eigenvalue weighted by molar-refractivity contribution is -0.200. The highest BCUT2D eigenvalue weighted by molar-refractivity contribution is 5.76. The first-order valence-electron chi connectivity index (χ1n) is 5.51. The number of rotatable bonds is 3. The van der Waals surface area contributed by atoms with Crippen LogP contribution >= 0.6 is 0 Å². The van der Waals surface area contributed by atoms with Crippen molar-refractivity contribution in [3.05, 3.63) is 0 Å². The van der Waals surface area contributed by atoms with E-state index in [4.69, 9.17) is 0 Å². The van der Waals surface area contributed by atoms with Crippen LogP contribution in [0.5, 0.6) is 0 Å². The predicted octanol–water partition coefficient (Wildman–Crippen LogP) is 2.07. The maximum absolute atomic E-state index is 13.9. The number of likely N-dealkylation sites (tertiary alicyclic amines) is 1. The number of carboxylic acid groups (broad SMARTS) is 1. The Balaban J connectivity index is 3.08. The minimum Gasteiger partial charge on any atom is -0.481 e. The largest absolute Gasteiger partial charge is 0.481 e. The maximum Gasteiger partial charge on any atom is 0.317 e. The van der Waals surface area contributed by atoms with Gasteiger partial charge in [0.1, 0.15) is 5.41 Å². The topological polar surface area (TPSA) is 40.5 Å². The van der Waals surface area contributed by atoms with Gasteiger partial charge in [-0.05, 0) is 19.4 Å². The number of hydrogen-bond donors (Lipinski definition) is 1. The lowest BCUT2D eigenvalue weighted by atomic mass is 9.71. The molecule has 16 heavy (non-hydrogen) atoms. The van der Waals surface area contributed by atoms with Crippen LogP contribution in [0.4, 0.5) is 8.78 Å². The number of nitrogens with zero attached hydrogens (tertiary/aromatic N) is 1. The fraction of sp³-hybridized carbons (Fsp3) is 0.909. The lowest BCUT2D eigenvalue weighted by Gasteiger charge is -2.44. The molecule has 1 atom stereocenters. The van der Waals surface area contributed by atoms with Crippen molar-refractivity contribution in [3.63, 3.8) is 0 Å². The van der Waals surface area contributed by atoms with E-state index in [0.29, 0.717) is 0 Å². The van der Waals surface area contributed by atoms with Gasteiger partial charge < -0.3 is 10.0 Å². The van der Waals surface area contributed by atoms with Crippen molar-refractivity contribution in [2.24, 2.45) is 11.3 Å². The summed E-state index contributed by atoms with van der Waals surface area (Å²) in [6.45, 7) is 3.72. The van der Waals surface area contributed by atoms with Gasteiger partial charge in [0.25, 0.3) is 5.92 Å². The van der Waals surface area contributed by atoms with Gasteiger partial charge in [-0.3, -0.25) is 4.79 Å². The molecule has 5 heteroatoms. The van der Waals surface area contributed by atoms with Crippen molar-refractivity contribution >= 4 is 5.97 Å². The molecule has 1 N–H and O–H groups in total. The van der Waals surface area contributed by atoms with Gasteiger partial charge >= 0.3 is 5.97 Å². The average molecular weight is 235 g/mol. The fourth-order valence-electron chi connectivity index (χ4n) is 2.45. The van der Waals surface area contributed by atoms with Gasteiger partial charge in [-0.25, -0.2) is 8.78 Å². The van der Waals surface area contributed by atoms with E-state index >= 15 is 0 Å². The van der Waals surface area contributed by atoms with Crippen LogP contribution in [0.25, 0.3) is 0 Å². The Morgan fingerprint density at radius 2 is 2.06 bits per heavy atom. The number of carboxylic acids is 1. The molecule has 0 amide bonds. The first-order valence-corrected chi connectivity index (χ1v) is 5.51. The number of aliphatic carboxylic acids is 1. The Hall–Kier alpha value is -0.710. The van der Waals surface area contributed by atoms with E-state index in [1.54, 1.807) is 25.8 Å². The maximum atomic E-state index is 13.9. The van der Waals surface area contributed by atoms with Gasteiger partial charge in [-0.15, -0.1) is 0 Å². The number of piperidine rings is 1. The summed E-state index contributed by atoms with van der Waals surface area (Å²) >= 11 is 0. The summed E-state index contributed by atoms with van der Waals surface area (Å²) in [6, 6.07) is 0. The van der Waals surface area contributed by atoms with Crippen LogP contribution in [-0.4, -0.2) is 42.0 Å². The zero-order chi connectivity index (χ0) is 12.6. The van der Waals surface area contributed by atoms with E-state index in [2.05, 4.69) is 0 Å². The van der Waals surface area contributed by atoms with Gasteiger partial charge in [-0.2, -0.15) is 0 Å². The first-order chi connectivity index (χ1) is 7.21. The van der Waals surface area contributed by atoms with Crippen molar-refractivity contribution in [3.8, 4) is 0 Å². The molecule has 1 saturated heterocycles. The molecular weight excluding hydrogens is 216 g/mol. The van der Waals surface area contributed by atoms with Crippen molar-refractivity contribution in [1.82, 2.24) is 4.90 Å². The minimum absolute atomic E-state index is 0.0136. The van der Waals surface area contributed by atoms with Gasteiger partial charge in [-0.1, -0.05) is 13.8 Å². The SMILES string of the molecule is CC(C)CC1(C(=O)O)CN(C)CCC1(F)F. The van der Waals surface area contributed by atoms with Crippen LogP contribution in [0.2, 0.25) is 0 Å². The van der Waals surface area contributed by atoms with E-state index in [0.717, 1.165) is 0 Å². The van der Waals surface area contributed by atoms with Crippen molar-refractivity contribution in [2.75, 3.05) is 20.1 Å². The number of hydrogen-bond acceptors (Lipinski definition) is 2. The van der Waals surface area contributed by atoms with Crippen molar-refractivity contribution in [2.45, 2.75) is 32.6 Å². The molecule has 1 rings (SSSR count). The standard InChI is InChI=1S/C11H19F2NO2/c1-8(2)6-10(9(15)16)7-14(3)5-4-11(10,12)13/h8H,4-7H2,1-3H3,(H,15,16). The van der Waals surface area contributed by atoms with Gasteiger partial charge in [0.2, 0.25) is 0 Å².